The topological polar surface area (TPSA) is 76.5 Å². The summed E-state index contributed by atoms with van der Waals surface area (Å²) in [5.41, 5.74) is 5.19. The van der Waals surface area contributed by atoms with Gasteiger partial charge in [0, 0.05) is 6.07 Å². The Morgan fingerprint density at radius 2 is 2.15 bits per heavy atom. The normalized spacial score (nSPS) is 10.5. The smallest absolute Gasteiger partial charge is 0.195 e. The molecule has 1 aromatic carbocycles. The highest BCUT2D eigenvalue weighted by atomic mass is 16.4. The summed E-state index contributed by atoms with van der Waals surface area (Å²) >= 11 is 0. The average Bonchev–Trinajstić information content (AvgIpc) is 2.07. The van der Waals surface area contributed by atoms with Crippen LogP contribution in [0.25, 0.3) is 11.0 Å². The first-order valence-corrected chi connectivity index (χ1v) is 3.70. The Labute approximate surface area is 73.2 Å². The van der Waals surface area contributed by atoms with E-state index >= 15 is 0 Å². The van der Waals surface area contributed by atoms with Crippen molar-refractivity contribution in [3.8, 4) is 5.75 Å². The van der Waals surface area contributed by atoms with Gasteiger partial charge in [0.05, 0.1) is 5.39 Å². The van der Waals surface area contributed by atoms with Crippen molar-refractivity contribution in [1.82, 2.24) is 0 Å². The molecular formula is C9H7NO3. The van der Waals surface area contributed by atoms with Gasteiger partial charge in [-0.05, 0) is 12.1 Å². The van der Waals surface area contributed by atoms with E-state index in [1.807, 2.05) is 0 Å². The van der Waals surface area contributed by atoms with Crippen molar-refractivity contribution >= 4 is 16.9 Å². The van der Waals surface area contributed by atoms with Crippen molar-refractivity contribution in [1.29, 1.82) is 0 Å². The lowest BCUT2D eigenvalue weighted by Gasteiger charge is -1.99. The van der Waals surface area contributed by atoms with Crippen LogP contribution in [0.3, 0.4) is 0 Å². The van der Waals surface area contributed by atoms with Crippen LogP contribution in [-0.4, -0.2) is 5.11 Å². The minimum absolute atomic E-state index is 0.000926. The Morgan fingerprint density at radius 3 is 2.92 bits per heavy atom. The quantitative estimate of drug-likeness (QED) is 0.631. The summed E-state index contributed by atoms with van der Waals surface area (Å²) in [7, 11) is 0. The Bertz CT molecular complexity index is 516. The molecule has 0 aliphatic heterocycles. The molecule has 0 aliphatic rings. The minimum Gasteiger partial charge on any atom is -0.504 e. The second-order valence-corrected chi connectivity index (χ2v) is 2.67. The summed E-state index contributed by atoms with van der Waals surface area (Å²) in [6, 6.07) is 5.76. The van der Waals surface area contributed by atoms with Crippen molar-refractivity contribution < 1.29 is 9.52 Å². The van der Waals surface area contributed by atoms with Crippen LogP contribution in [0, 0.1) is 0 Å². The Morgan fingerprint density at radius 1 is 1.38 bits per heavy atom. The van der Waals surface area contributed by atoms with E-state index in [1.54, 1.807) is 12.1 Å². The third-order valence-electron chi connectivity index (χ3n) is 1.75. The molecule has 0 fully saturated rings. The zero-order valence-electron chi connectivity index (χ0n) is 6.65. The number of fused-ring (bicyclic) bond motifs is 1. The molecule has 0 aliphatic carbocycles. The summed E-state index contributed by atoms with van der Waals surface area (Å²) in [6.45, 7) is 0. The molecule has 2 rings (SSSR count). The molecular weight excluding hydrogens is 170 g/mol. The van der Waals surface area contributed by atoms with Crippen LogP contribution in [0.2, 0.25) is 0 Å². The first-order chi connectivity index (χ1) is 6.18. The van der Waals surface area contributed by atoms with Crippen molar-refractivity contribution in [3.63, 3.8) is 0 Å². The maximum Gasteiger partial charge on any atom is 0.195 e. The largest absolute Gasteiger partial charge is 0.504 e. The van der Waals surface area contributed by atoms with E-state index in [4.69, 9.17) is 10.2 Å². The van der Waals surface area contributed by atoms with Crippen molar-refractivity contribution in [2.75, 3.05) is 5.73 Å². The second-order valence-electron chi connectivity index (χ2n) is 2.67. The molecule has 13 heavy (non-hydrogen) atoms. The lowest BCUT2D eigenvalue weighted by atomic mass is 10.2. The summed E-state index contributed by atoms with van der Waals surface area (Å²) in [5.74, 6) is -0.0825. The number of hydrogen-bond donors (Lipinski definition) is 2. The molecule has 3 N–H and O–H groups in total. The molecule has 0 bridgehead atoms. The summed E-state index contributed by atoms with van der Waals surface area (Å²) < 4.78 is 5.00. The molecule has 0 amide bonds. The second kappa shape index (κ2) is 2.52. The molecule has 0 radical (unpaired) electrons. The number of aromatic hydroxyl groups is 1. The number of nitrogen functional groups attached to an aromatic ring is 1. The number of phenolic OH excluding ortho intramolecular Hbond substituents is 1. The van der Waals surface area contributed by atoms with Gasteiger partial charge in [-0.1, -0.05) is 6.07 Å². The van der Waals surface area contributed by atoms with Gasteiger partial charge in [-0.25, -0.2) is 0 Å². The van der Waals surface area contributed by atoms with Gasteiger partial charge >= 0.3 is 0 Å². The van der Waals surface area contributed by atoms with Crippen LogP contribution in [0.1, 0.15) is 0 Å². The molecule has 0 saturated heterocycles. The van der Waals surface area contributed by atoms with Gasteiger partial charge in [-0.15, -0.1) is 0 Å². The van der Waals surface area contributed by atoms with Crippen molar-refractivity contribution in [3.05, 3.63) is 34.5 Å². The zero-order chi connectivity index (χ0) is 9.42. The number of para-hydroxylation sites is 1. The third-order valence-corrected chi connectivity index (χ3v) is 1.75. The van der Waals surface area contributed by atoms with E-state index in [9.17, 15) is 9.90 Å². The van der Waals surface area contributed by atoms with E-state index in [0.29, 0.717) is 5.39 Å². The molecule has 4 heteroatoms. The maximum atomic E-state index is 11.3. The highest BCUT2D eigenvalue weighted by Gasteiger charge is 2.05. The Balaban J connectivity index is 3.03. The predicted octanol–water partition coefficient (Wildman–Crippen LogP) is 1.08. The first-order valence-electron chi connectivity index (χ1n) is 3.70. The molecule has 4 nitrogen and oxygen atoms in total. The fourth-order valence-electron chi connectivity index (χ4n) is 1.18. The van der Waals surface area contributed by atoms with Crippen molar-refractivity contribution in [2.45, 2.75) is 0 Å². The van der Waals surface area contributed by atoms with Crippen molar-refractivity contribution in [2.24, 2.45) is 0 Å². The highest BCUT2D eigenvalue weighted by molar-refractivity contribution is 5.82. The molecule has 1 heterocycles. The fraction of sp³-hybridized carbons (Fsp3) is 0. The predicted molar refractivity (Wildman–Crippen MR) is 48.6 cm³/mol. The van der Waals surface area contributed by atoms with Gasteiger partial charge in [-0.3, -0.25) is 4.79 Å². The number of nitrogens with two attached hydrogens (primary N) is 1. The SMILES string of the molecule is Nc1cc(=O)c2cccc(O)c2o1. The monoisotopic (exact) mass is 177 g/mol. The van der Waals surface area contributed by atoms with Gasteiger partial charge in [0.15, 0.2) is 22.6 Å². The Kier molecular flexibility index (Phi) is 1.48. The number of benzene rings is 1. The number of anilines is 1. The molecule has 66 valence electrons. The van der Waals surface area contributed by atoms with E-state index in [-0.39, 0.29) is 22.6 Å². The molecule has 1 aromatic heterocycles. The molecule has 0 saturated carbocycles. The van der Waals surface area contributed by atoms with E-state index in [1.165, 1.54) is 12.1 Å². The zero-order valence-corrected chi connectivity index (χ0v) is 6.65. The lowest BCUT2D eigenvalue weighted by molar-refractivity contribution is 0.465. The standard InChI is InChI=1S/C9H7NO3/c10-8-4-7(12)5-2-1-3-6(11)9(5)13-8/h1-4,11H,10H2. The summed E-state index contributed by atoms with van der Waals surface area (Å²) in [6.07, 6.45) is 0. The number of phenols is 1. The molecule has 2 aromatic rings. The van der Waals surface area contributed by atoms with Crippen LogP contribution in [0.15, 0.2) is 33.5 Å². The summed E-state index contributed by atoms with van der Waals surface area (Å²) in [5, 5.41) is 9.66. The third kappa shape index (κ3) is 1.12. The van der Waals surface area contributed by atoms with Gasteiger partial charge in [-0.2, -0.15) is 0 Å². The molecule has 0 unspecified atom stereocenters. The van der Waals surface area contributed by atoms with Gasteiger partial charge < -0.3 is 15.3 Å². The maximum absolute atomic E-state index is 11.3. The summed E-state index contributed by atoms with van der Waals surface area (Å²) in [4.78, 5) is 11.3. The minimum atomic E-state index is -0.255. The fourth-order valence-corrected chi connectivity index (χ4v) is 1.18. The first kappa shape index (κ1) is 7.67. The number of hydrogen-bond acceptors (Lipinski definition) is 4. The van der Waals surface area contributed by atoms with E-state index in [2.05, 4.69) is 0 Å². The van der Waals surface area contributed by atoms with E-state index < -0.39 is 0 Å². The molecule has 0 spiro atoms. The van der Waals surface area contributed by atoms with Crippen LogP contribution in [0.4, 0.5) is 5.88 Å². The van der Waals surface area contributed by atoms with Crippen LogP contribution in [-0.2, 0) is 0 Å². The van der Waals surface area contributed by atoms with E-state index in [0.717, 1.165) is 0 Å². The number of rotatable bonds is 0. The lowest BCUT2D eigenvalue weighted by Crippen LogP contribution is -2.01. The van der Waals surface area contributed by atoms with Gasteiger partial charge in [0.1, 0.15) is 0 Å². The van der Waals surface area contributed by atoms with Crippen LogP contribution < -0.4 is 11.2 Å². The average molecular weight is 177 g/mol. The molecule has 0 atom stereocenters. The Hall–Kier alpha value is -1.97. The van der Waals surface area contributed by atoms with Crippen LogP contribution >= 0.6 is 0 Å². The van der Waals surface area contributed by atoms with Gasteiger partial charge in [0.25, 0.3) is 0 Å². The van der Waals surface area contributed by atoms with Crippen LogP contribution in [0.5, 0.6) is 5.75 Å². The highest BCUT2D eigenvalue weighted by Crippen LogP contribution is 2.23. The van der Waals surface area contributed by atoms with Gasteiger partial charge in [0.2, 0.25) is 0 Å².